The molecule has 0 fully saturated rings. The summed E-state index contributed by atoms with van der Waals surface area (Å²) in [5.74, 6) is 0.961. The standard InChI is InChI=1S/C26H23ClN4O/c1-26(2,3)19-12-10-18(11-13-19)24-28-25(32-30-24)23-21-6-4-5-7-22(21)31(29-23)16-17-8-14-20(27)15-9-17/h4-15H,16H2,1-3H3. The van der Waals surface area contributed by atoms with Gasteiger partial charge in [0.15, 0.2) is 5.69 Å². The molecule has 5 nitrogen and oxygen atoms in total. The van der Waals surface area contributed by atoms with Gasteiger partial charge in [-0.3, -0.25) is 4.68 Å². The number of hydrogen-bond donors (Lipinski definition) is 0. The molecule has 6 heteroatoms. The van der Waals surface area contributed by atoms with Gasteiger partial charge in [0.1, 0.15) is 0 Å². The summed E-state index contributed by atoms with van der Waals surface area (Å²) in [5.41, 5.74) is 5.07. The Bertz CT molecular complexity index is 1380. The number of para-hydroxylation sites is 1. The molecule has 2 aromatic heterocycles. The number of rotatable bonds is 4. The summed E-state index contributed by atoms with van der Waals surface area (Å²) in [6.07, 6.45) is 0. The number of halogens is 1. The molecule has 0 saturated heterocycles. The van der Waals surface area contributed by atoms with Crippen LogP contribution in [0.15, 0.2) is 77.3 Å². The van der Waals surface area contributed by atoms with Crippen LogP contribution in [0.4, 0.5) is 0 Å². The lowest BCUT2D eigenvalue weighted by Gasteiger charge is -2.18. The van der Waals surface area contributed by atoms with Crippen LogP contribution in [-0.4, -0.2) is 19.9 Å². The van der Waals surface area contributed by atoms with E-state index in [1.54, 1.807) is 0 Å². The van der Waals surface area contributed by atoms with E-state index >= 15 is 0 Å². The summed E-state index contributed by atoms with van der Waals surface area (Å²) in [5, 5.41) is 10.7. The van der Waals surface area contributed by atoms with Crippen molar-refractivity contribution in [2.24, 2.45) is 0 Å². The van der Waals surface area contributed by atoms with E-state index in [4.69, 9.17) is 21.2 Å². The van der Waals surface area contributed by atoms with Crippen LogP contribution in [0.5, 0.6) is 0 Å². The van der Waals surface area contributed by atoms with Crippen molar-refractivity contribution in [3.8, 4) is 23.0 Å². The summed E-state index contributed by atoms with van der Waals surface area (Å²) >= 11 is 6.03. The summed E-state index contributed by atoms with van der Waals surface area (Å²) in [4.78, 5) is 4.65. The minimum atomic E-state index is 0.0940. The van der Waals surface area contributed by atoms with Crippen molar-refractivity contribution in [3.63, 3.8) is 0 Å². The van der Waals surface area contributed by atoms with Gasteiger partial charge in [-0.15, -0.1) is 0 Å². The first kappa shape index (κ1) is 20.5. The first-order valence-electron chi connectivity index (χ1n) is 10.5. The normalized spacial score (nSPS) is 11.9. The molecule has 0 unspecified atom stereocenters. The zero-order chi connectivity index (χ0) is 22.3. The average Bonchev–Trinajstić information content (AvgIpc) is 3.40. The van der Waals surface area contributed by atoms with Crippen molar-refractivity contribution in [1.82, 2.24) is 19.9 Å². The third-order valence-corrected chi connectivity index (χ3v) is 5.79. The average molecular weight is 443 g/mol. The SMILES string of the molecule is CC(C)(C)c1ccc(-c2noc(-c3nn(Cc4ccc(Cl)cc4)c4ccccc34)n2)cc1. The zero-order valence-corrected chi connectivity index (χ0v) is 19.0. The van der Waals surface area contributed by atoms with Crippen LogP contribution >= 0.6 is 11.6 Å². The molecule has 5 aromatic rings. The Morgan fingerprint density at radius 2 is 1.62 bits per heavy atom. The summed E-state index contributed by atoms with van der Waals surface area (Å²) in [7, 11) is 0. The van der Waals surface area contributed by atoms with Crippen LogP contribution in [0.25, 0.3) is 33.9 Å². The minimum absolute atomic E-state index is 0.0940. The molecular formula is C26H23ClN4O. The fraction of sp³-hybridized carbons (Fsp3) is 0.192. The lowest BCUT2D eigenvalue weighted by molar-refractivity contribution is 0.430. The lowest BCUT2D eigenvalue weighted by atomic mass is 9.87. The third kappa shape index (κ3) is 3.92. The predicted molar refractivity (Wildman–Crippen MR) is 128 cm³/mol. The van der Waals surface area contributed by atoms with Crippen LogP contribution in [0.3, 0.4) is 0 Å². The van der Waals surface area contributed by atoms with Gasteiger partial charge in [-0.2, -0.15) is 10.1 Å². The van der Waals surface area contributed by atoms with Gasteiger partial charge >= 0.3 is 0 Å². The highest BCUT2D eigenvalue weighted by molar-refractivity contribution is 6.30. The smallest absolute Gasteiger partial charge is 0.279 e. The Balaban J connectivity index is 1.50. The van der Waals surface area contributed by atoms with Crippen molar-refractivity contribution in [2.75, 3.05) is 0 Å². The third-order valence-electron chi connectivity index (χ3n) is 5.54. The van der Waals surface area contributed by atoms with Crippen molar-refractivity contribution in [3.05, 3.63) is 88.9 Å². The lowest BCUT2D eigenvalue weighted by Crippen LogP contribution is -2.10. The van der Waals surface area contributed by atoms with Crippen LogP contribution in [0.1, 0.15) is 31.9 Å². The molecule has 0 amide bonds. The summed E-state index contributed by atoms with van der Waals surface area (Å²) in [6.45, 7) is 7.20. The fourth-order valence-electron chi connectivity index (χ4n) is 3.72. The molecule has 0 atom stereocenters. The quantitative estimate of drug-likeness (QED) is 0.309. The highest BCUT2D eigenvalue weighted by atomic mass is 35.5. The van der Waals surface area contributed by atoms with E-state index in [9.17, 15) is 0 Å². The Hall–Kier alpha value is -3.44. The number of nitrogens with zero attached hydrogens (tertiary/aromatic N) is 4. The van der Waals surface area contributed by atoms with Gasteiger partial charge in [-0.1, -0.05) is 92.1 Å². The van der Waals surface area contributed by atoms with Gasteiger partial charge < -0.3 is 4.52 Å². The van der Waals surface area contributed by atoms with Gasteiger partial charge in [0.2, 0.25) is 5.82 Å². The predicted octanol–water partition coefficient (Wildman–Crippen LogP) is 6.75. The number of hydrogen-bond acceptors (Lipinski definition) is 4. The maximum absolute atomic E-state index is 6.03. The van der Waals surface area contributed by atoms with E-state index in [1.807, 2.05) is 65.3 Å². The van der Waals surface area contributed by atoms with Gasteiger partial charge in [0, 0.05) is 16.0 Å². The molecule has 3 aromatic carbocycles. The molecule has 0 aliphatic heterocycles. The first-order chi connectivity index (χ1) is 15.4. The topological polar surface area (TPSA) is 56.7 Å². The minimum Gasteiger partial charge on any atom is -0.332 e. The van der Waals surface area contributed by atoms with Crippen molar-refractivity contribution in [2.45, 2.75) is 32.7 Å². The zero-order valence-electron chi connectivity index (χ0n) is 18.2. The summed E-state index contributed by atoms with van der Waals surface area (Å²) in [6, 6.07) is 24.1. The molecule has 2 heterocycles. The van der Waals surface area contributed by atoms with E-state index in [0.29, 0.717) is 29.0 Å². The maximum Gasteiger partial charge on any atom is 0.279 e. The molecular weight excluding hydrogens is 420 g/mol. The van der Waals surface area contributed by atoms with Gasteiger partial charge in [0.25, 0.3) is 5.89 Å². The second kappa shape index (κ2) is 7.92. The Kier molecular flexibility index (Phi) is 5.06. The van der Waals surface area contributed by atoms with Crippen molar-refractivity contribution >= 4 is 22.5 Å². The van der Waals surface area contributed by atoms with E-state index in [2.05, 4.69) is 43.0 Å². The van der Waals surface area contributed by atoms with E-state index in [0.717, 1.165) is 22.0 Å². The molecule has 32 heavy (non-hydrogen) atoms. The van der Waals surface area contributed by atoms with E-state index < -0.39 is 0 Å². The van der Waals surface area contributed by atoms with Crippen LogP contribution in [-0.2, 0) is 12.0 Å². The van der Waals surface area contributed by atoms with Crippen LogP contribution < -0.4 is 0 Å². The molecule has 0 aliphatic carbocycles. The van der Waals surface area contributed by atoms with Gasteiger partial charge in [-0.25, -0.2) is 0 Å². The molecule has 160 valence electrons. The van der Waals surface area contributed by atoms with Crippen LogP contribution in [0, 0.1) is 0 Å². The van der Waals surface area contributed by atoms with E-state index in [1.165, 1.54) is 5.56 Å². The van der Waals surface area contributed by atoms with Crippen LogP contribution in [0.2, 0.25) is 5.02 Å². The molecule has 0 saturated carbocycles. The number of fused-ring (bicyclic) bond motifs is 1. The van der Waals surface area contributed by atoms with Crippen molar-refractivity contribution in [1.29, 1.82) is 0 Å². The van der Waals surface area contributed by atoms with Gasteiger partial charge in [0.05, 0.1) is 12.1 Å². The Labute approximate surface area is 191 Å². The monoisotopic (exact) mass is 442 g/mol. The van der Waals surface area contributed by atoms with Gasteiger partial charge in [-0.05, 0) is 34.7 Å². The first-order valence-corrected chi connectivity index (χ1v) is 10.9. The highest BCUT2D eigenvalue weighted by Crippen LogP contribution is 2.30. The summed E-state index contributed by atoms with van der Waals surface area (Å²) < 4.78 is 7.59. The highest BCUT2D eigenvalue weighted by Gasteiger charge is 2.19. The van der Waals surface area contributed by atoms with Crippen molar-refractivity contribution < 1.29 is 4.52 Å². The Morgan fingerprint density at radius 1 is 0.906 bits per heavy atom. The Morgan fingerprint density at radius 3 is 2.34 bits per heavy atom. The maximum atomic E-state index is 6.03. The second-order valence-electron chi connectivity index (χ2n) is 8.90. The molecule has 0 spiro atoms. The molecule has 0 N–H and O–H groups in total. The molecule has 5 rings (SSSR count). The second-order valence-corrected chi connectivity index (χ2v) is 9.34. The molecule has 0 bridgehead atoms. The molecule has 0 aliphatic rings. The number of benzene rings is 3. The fourth-order valence-corrected chi connectivity index (χ4v) is 3.85. The van der Waals surface area contributed by atoms with E-state index in [-0.39, 0.29) is 5.41 Å². The largest absolute Gasteiger partial charge is 0.332 e. The molecule has 0 radical (unpaired) electrons. The number of aromatic nitrogens is 4.